The Labute approximate surface area is 143 Å². The molecule has 0 radical (unpaired) electrons. The fourth-order valence-corrected chi connectivity index (χ4v) is 2.75. The van der Waals surface area contributed by atoms with Crippen molar-refractivity contribution >= 4 is 35.1 Å². The highest BCUT2D eigenvalue weighted by Gasteiger charge is 2.22. The molecule has 7 heteroatoms. The van der Waals surface area contributed by atoms with Crippen molar-refractivity contribution in [2.45, 2.75) is 26.3 Å². The fourth-order valence-electron chi connectivity index (χ4n) is 2.18. The van der Waals surface area contributed by atoms with E-state index in [-0.39, 0.29) is 17.1 Å². The Kier molecular flexibility index (Phi) is 5.34. The fraction of sp³-hybridized carbons (Fsp3) is 0.250. The lowest BCUT2D eigenvalue weighted by Gasteiger charge is -2.15. The number of aromatic carboxylic acids is 1. The largest absolute Gasteiger partial charge is 0.478 e. The molecular weight excluding hydrogens is 341 g/mol. The monoisotopic (exact) mass is 355 g/mol. The molecule has 122 valence electrons. The summed E-state index contributed by atoms with van der Waals surface area (Å²) >= 11 is 12.0. The molecule has 0 bridgehead atoms. The number of carboxylic acids is 1. The van der Waals surface area contributed by atoms with E-state index < -0.39 is 17.9 Å². The molecule has 1 heterocycles. The molecule has 1 aromatic carbocycles. The van der Waals surface area contributed by atoms with Crippen LogP contribution in [0.1, 0.15) is 52.1 Å². The molecular formula is C16H15Cl2NO4. The van der Waals surface area contributed by atoms with Gasteiger partial charge in [0.25, 0.3) is 5.91 Å². The van der Waals surface area contributed by atoms with Crippen LogP contribution in [0, 0.1) is 0 Å². The molecule has 0 aliphatic carbocycles. The van der Waals surface area contributed by atoms with E-state index in [1.165, 1.54) is 6.07 Å². The van der Waals surface area contributed by atoms with Crippen LogP contribution in [0.5, 0.6) is 0 Å². The van der Waals surface area contributed by atoms with Gasteiger partial charge in [-0.3, -0.25) is 4.79 Å². The molecule has 1 aromatic heterocycles. The predicted octanol–water partition coefficient (Wildman–Crippen LogP) is 4.34. The van der Waals surface area contributed by atoms with Gasteiger partial charge in [0.1, 0.15) is 11.3 Å². The molecule has 23 heavy (non-hydrogen) atoms. The topological polar surface area (TPSA) is 79.5 Å². The van der Waals surface area contributed by atoms with E-state index in [4.69, 9.17) is 32.7 Å². The summed E-state index contributed by atoms with van der Waals surface area (Å²) in [4.78, 5) is 23.4. The first-order chi connectivity index (χ1) is 10.8. The Hall–Kier alpha value is -1.98. The van der Waals surface area contributed by atoms with Crippen LogP contribution >= 0.6 is 23.2 Å². The first kappa shape index (κ1) is 17.4. The van der Waals surface area contributed by atoms with Crippen molar-refractivity contribution in [1.82, 2.24) is 5.32 Å². The van der Waals surface area contributed by atoms with Gasteiger partial charge in [-0.15, -0.1) is 0 Å². The number of benzene rings is 1. The van der Waals surface area contributed by atoms with Gasteiger partial charge in [-0.2, -0.15) is 0 Å². The first-order valence-corrected chi connectivity index (χ1v) is 7.70. The Morgan fingerprint density at radius 1 is 1.30 bits per heavy atom. The van der Waals surface area contributed by atoms with Gasteiger partial charge in [-0.25, -0.2) is 4.79 Å². The maximum Gasteiger partial charge on any atom is 0.339 e. The number of rotatable bonds is 5. The van der Waals surface area contributed by atoms with Crippen LogP contribution in [0.3, 0.4) is 0 Å². The average molecular weight is 356 g/mol. The number of furan rings is 1. The number of hydrogen-bond acceptors (Lipinski definition) is 3. The quantitative estimate of drug-likeness (QED) is 0.835. The van der Waals surface area contributed by atoms with Crippen molar-refractivity contribution in [3.05, 3.63) is 57.0 Å². The first-order valence-electron chi connectivity index (χ1n) is 6.95. The third kappa shape index (κ3) is 3.86. The van der Waals surface area contributed by atoms with E-state index >= 15 is 0 Å². The third-order valence-electron chi connectivity index (χ3n) is 3.36. The van der Waals surface area contributed by atoms with Crippen LogP contribution in [-0.4, -0.2) is 17.0 Å². The Morgan fingerprint density at radius 2 is 2.00 bits per heavy atom. The number of nitrogens with one attached hydrogen (secondary N) is 1. The van der Waals surface area contributed by atoms with Crippen molar-refractivity contribution in [1.29, 1.82) is 0 Å². The van der Waals surface area contributed by atoms with Crippen LogP contribution in [-0.2, 0) is 6.42 Å². The summed E-state index contributed by atoms with van der Waals surface area (Å²) in [6, 6.07) is 5.82. The van der Waals surface area contributed by atoms with Gasteiger partial charge in [0, 0.05) is 22.5 Å². The van der Waals surface area contributed by atoms with Crippen LogP contribution in [0.15, 0.2) is 28.7 Å². The second-order valence-corrected chi connectivity index (χ2v) is 5.81. The molecule has 0 saturated carbocycles. The summed E-state index contributed by atoms with van der Waals surface area (Å²) in [6.45, 7) is 3.51. The lowest BCUT2D eigenvalue weighted by atomic mass is 10.1. The Morgan fingerprint density at radius 3 is 2.52 bits per heavy atom. The third-order valence-corrected chi connectivity index (χ3v) is 3.92. The highest BCUT2D eigenvalue weighted by atomic mass is 35.5. The molecule has 0 fully saturated rings. The lowest BCUT2D eigenvalue weighted by molar-refractivity contribution is 0.0694. The summed E-state index contributed by atoms with van der Waals surface area (Å²) in [7, 11) is 0. The minimum Gasteiger partial charge on any atom is -0.478 e. The molecule has 5 nitrogen and oxygen atoms in total. The highest BCUT2D eigenvalue weighted by Crippen LogP contribution is 2.26. The number of carbonyl (C=O) groups excluding carboxylic acids is 1. The normalized spacial score (nSPS) is 12.0. The molecule has 0 saturated heterocycles. The van der Waals surface area contributed by atoms with Gasteiger partial charge < -0.3 is 14.8 Å². The minimum atomic E-state index is -1.13. The molecule has 0 aliphatic heterocycles. The number of carbonyl (C=O) groups is 2. The summed E-state index contributed by atoms with van der Waals surface area (Å²) in [5.74, 6) is -1.42. The predicted molar refractivity (Wildman–Crippen MR) is 87.4 cm³/mol. The maximum absolute atomic E-state index is 12.2. The van der Waals surface area contributed by atoms with Gasteiger partial charge in [-0.1, -0.05) is 36.2 Å². The van der Waals surface area contributed by atoms with Gasteiger partial charge in [-0.05, 0) is 24.6 Å². The summed E-state index contributed by atoms with van der Waals surface area (Å²) in [6.07, 6.45) is 0.382. The van der Waals surface area contributed by atoms with Crippen molar-refractivity contribution in [2.75, 3.05) is 0 Å². The second-order valence-electron chi connectivity index (χ2n) is 4.97. The van der Waals surface area contributed by atoms with Gasteiger partial charge in [0.15, 0.2) is 5.76 Å². The zero-order valence-electron chi connectivity index (χ0n) is 12.5. The summed E-state index contributed by atoms with van der Waals surface area (Å²) in [5.41, 5.74) is 0.694. The summed E-state index contributed by atoms with van der Waals surface area (Å²) in [5, 5.41) is 12.8. The minimum absolute atomic E-state index is 0.00479. The lowest BCUT2D eigenvalue weighted by Crippen LogP contribution is -2.26. The Bertz CT molecular complexity index is 755. The van der Waals surface area contributed by atoms with Crippen LogP contribution in [0.2, 0.25) is 10.0 Å². The van der Waals surface area contributed by atoms with E-state index in [9.17, 15) is 9.59 Å². The number of carboxylic acid groups (broad SMARTS) is 1. The Balaban J connectivity index is 2.20. The number of aryl methyl sites for hydroxylation is 1. The summed E-state index contributed by atoms with van der Waals surface area (Å²) < 4.78 is 5.33. The highest BCUT2D eigenvalue weighted by molar-refractivity contribution is 6.35. The van der Waals surface area contributed by atoms with E-state index in [1.54, 1.807) is 32.0 Å². The van der Waals surface area contributed by atoms with Gasteiger partial charge in [0.2, 0.25) is 0 Å². The standard InChI is InChI=1S/C16H15Cl2NO4/c1-3-13-11(16(21)22)7-14(23-13)15(20)19-8(2)10-5-4-9(17)6-12(10)18/h4-8H,3H2,1-2H3,(H,19,20)(H,21,22). The maximum atomic E-state index is 12.2. The number of hydrogen-bond donors (Lipinski definition) is 2. The van der Waals surface area contributed by atoms with Gasteiger partial charge >= 0.3 is 5.97 Å². The molecule has 1 unspecified atom stereocenters. The molecule has 0 aliphatic rings. The average Bonchev–Trinajstić information content (AvgIpc) is 2.91. The molecule has 2 N–H and O–H groups in total. The number of amides is 1. The molecule has 1 atom stereocenters. The molecule has 2 aromatic rings. The zero-order chi connectivity index (χ0) is 17.1. The molecule has 0 spiro atoms. The second kappa shape index (κ2) is 7.06. The van der Waals surface area contributed by atoms with Crippen LogP contribution in [0.25, 0.3) is 0 Å². The van der Waals surface area contributed by atoms with Crippen molar-refractivity contribution < 1.29 is 19.1 Å². The van der Waals surface area contributed by atoms with E-state index in [2.05, 4.69) is 5.32 Å². The van der Waals surface area contributed by atoms with Crippen LogP contribution in [0.4, 0.5) is 0 Å². The number of halogens is 2. The van der Waals surface area contributed by atoms with Crippen LogP contribution < -0.4 is 5.32 Å². The SMILES string of the molecule is CCc1oc(C(=O)NC(C)c2ccc(Cl)cc2Cl)cc1C(=O)O. The smallest absolute Gasteiger partial charge is 0.339 e. The molecule has 2 rings (SSSR count). The van der Waals surface area contributed by atoms with E-state index in [0.29, 0.717) is 22.0 Å². The molecule has 1 amide bonds. The zero-order valence-corrected chi connectivity index (χ0v) is 14.0. The van der Waals surface area contributed by atoms with Crippen molar-refractivity contribution in [3.8, 4) is 0 Å². The van der Waals surface area contributed by atoms with E-state index in [0.717, 1.165) is 0 Å². The van der Waals surface area contributed by atoms with Crippen molar-refractivity contribution in [2.24, 2.45) is 0 Å². The van der Waals surface area contributed by atoms with Gasteiger partial charge in [0.05, 0.1) is 6.04 Å². The van der Waals surface area contributed by atoms with E-state index in [1.807, 2.05) is 0 Å². The van der Waals surface area contributed by atoms with Crippen molar-refractivity contribution in [3.63, 3.8) is 0 Å².